The molecule has 2 heteroatoms. The molecule has 0 fully saturated rings. The Hall–Kier alpha value is -0.760. The van der Waals surface area contributed by atoms with Crippen molar-refractivity contribution in [1.29, 1.82) is 0 Å². The molecule has 0 bridgehead atoms. The van der Waals surface area contributed by atoms with E-state index in [0.29, 0.717) is 11.7 Å². The number of aldehydes is 1. The predicted molar refractivity (Wildman–Crippen MR) is 65.5 cm³/mol. The van der Waals surface area contributed by atoms with Gasteiger partial charge in [-0.15, -0.1) is 0 Å². The fraction of sp³-hybridized carbons (Fsp3) is 0.462. The lowest BCUT2D eigenvalue weighted by atomic mass is 9.91. The van der Waals surface area contributed by atoms with Gasteiger partial charge in [0.2, 0.25) is 0 Å². The molecule has 0 heterocycles. The highest BCUT2D eigenvalue weighted by Gasteiger charge is 2.24. The van der Waals surface area contributed by atoms with Gasteiger partial charge in [-0.05, 0) is 42.1 Å². The lowest BCUT2D eigenvalue weighted by Gasteiger charge is -2.14. The second-order valence-electron chi connectivity index (χ2n) is 4.25. The molecule has 0 aromatic heterocycles. The fourth-order valence-corrected chi connectivity index (χ4v) is 2.66. The second kappa shape index (κ2) is 4.84. The average molecular weight is 220 g/mol. The number of thiol groups is 1. The van der Waals surface area contributed by atoms with Crippen molar-refractivity contribution in [2.45, 2.75) is 25.2 Å². The van der Waals surface area contributed by atoms with Crippen molar-refractivity contribution in [3.63, 3.8) is 0 Å². The number of benzene rings is 1. The van der Waals surface area contributed by atoms with Crippen molar-refractivity contribution in [3.8, 4) is 0 Å². The fourth-order valence-electron chi connectivity index (χ4n) is 2.43. The van der Waals surface area contributed by atoms with Gasteiger partial charge in [0, 0.05) is 5.92 Å². The minimum atomic E-state index is 0.115. The van der Waals surface area contributed by atoms with Gasteiger partial charge >= 0.3 is 0 Å². The van der Waals surface area contributed by atoms with Crippen molar-refractivity contribution in [3.05, 3.63) is 35.4 Å². The van der Waals surface area contributed by atoms with Gasteiger partial charge in [0.1, 0.15) is 6.29 Å². The lowest BCUT2D eigenvalue weighted by Crippen LogP contribution is -2.08. The molecule has 2 atom stereocenters. The van der Waals surface area contributed by atoms with E-state index in [1.54, 1.807) is 0 Å². The van der Waals surface area contributed by atoms with E-state index in [-0.39, 0.29) is 5.92 Å². The number of hydrogen-bond acceptors (Lipinski definition) is 2. The summed E-state index contributed by atoms with van der Waals surface area (Å²) in [4.78, 5) is 10.8. The van der Waals surface area contributed by atoms with Crippen molar-refractivity contribution in [1.82, 2.24) is 0 Å². The van der Waals surface area contributed by atoms with Crippen LogP contribution in [0.3, 0.4) is 0 Å². The van der Waals surface area contributed by atoms with E-state index >= 15 is 0 Å². The topological polar surface area (TPSA) is 17.1 Å². The molecular formula is C13H16OS. The summed E-state index contributed by atoms with van der Waals surface area (Å²) in [5, 5.41) is 0. The van der Waals surface area contributed by atoms with Crippen LogP contribution in [-0.4, -0.2) is 12.0 Å². The third-order valence-corrected chi connectivity index (χ3v) is 3.74. The van der Waals surface area contributed by atoms with Crippen LogP contribution in [0, 0.1) is 5.92 Å². The number of fused-ring (bicyclic) bond motifs is 1. The Morgan fingerprint density at radius 2 is 2.27 bits per heavy atom. The smallest absolute Gasteiger partial charge is 0.123 e. The maximum absolute atomic E-state index is 10.8. The zero-order valence-corrected chi connectivity index (χ0v) is 9.62. The number of rotatable bonds is 4. The highest BCUT2D eigenvalue weighted by molar-refractivity contribution is 7.80. The Balaban J connectivity index is 2.10. The summed E-state index contributed by atoms with van der Waals surface area (Å²) < 4.78 is 0. The monoisotopic (exact) mass is 220 g/mol. The molecule has 0 N–H and O–H groups in total. The second-order valence-corrected chi connectivity index (χ2v) is 4.61. The SMILES string of the molecule is O=CC(CS)CC1CCc2ccccc21. The average Bonchev–Trinajstić information content (AvgIpc) is 2.69. The van der Waals surface area contributed by atoms with Gasteiger partial charge in [-0.1, -0.05) is 24.3 Å². The van der Waals surface area contributed by atoms with Crippen LogP contribution in [0.1, 0.15) is 29.9 Å². The molecule has 0 radical (unpaired) electrons. The number of aryl methyl sites for hydroxylation is 1. The molecule has 1 aliphatic carbocycles. The lowest BCUT2D eigenvalue weighted by molar-refractivity contribution is -0.110. The van der Waals surface area contributed by atoms with Gasteiger partial charge in [0.25, 0.3) is 0 Å². The molecule has 0 saturated heterocycles. The standard InChI is InChI=1S/C13H16OS/c14-8-10(9-15)7-12-6-5-11-3-1-2-4-13(11)12/h1-4,8,10,12,15H,5-7,9H2. The minimum Gasteiger partial charge on any atom is -0.303 e. The molecule has 0 aliphatic heterocycles. The van der Waals surface area contributed by atoms with Crippen molar-refractivity contribution in [2.75, 3.05) is 5.75 Å². The van der Waals surface area contributed by atoms with Crippen molar-refractivity contribution in [2.24, 2.45) is 5.92 Å². The van der Waals surface area contributed by atoms with Crippen LogP contribution >= 0.6 is 12.6 Å². The summed E-state index contributed by atoms with van der Waals surface area (Å²) in [6.07, 6.45) is 4.37. The third kappa shape index (κ3) is 2.25. The van der Waals surface area contributed by atoms with Crippen LogP contribution in [0.4, 0.5) is 0 Å². The summed E-state index contributed by atoms with van der Waals surface area (Å²) in [7, 11) is 0. The minimum absolute atomic E-state index is 0.115. The molecule has 1 nitrogen and oxygen atoms in total. The summed E-state index contributed by atoms with van der Waals surface area (Å²) in [6.45, 7) is 0. The summed E-state index contributed by atoms with van der Waals surface area (Å²) in [5.74, 6) is 1.36. The van der Waals surface area contributed by atoms with Gasteiger partial charge in [-0.2, -0.15) is 12.6 Å². The number of hydrogen-bond donors (Lipinski definition) is 1. The van der Waals surface area contributed by atoms with Gasteiger partial charge < -0.3 is 4.79 Å². The summed E-state index contributed by atoms with van der Waals surface area (Å²) in [5.41, 5.74) is 2.91. The largest absolute Gasteiger partial charge is 0.303 e. The molecule has 2 rings (SSSR count). The van der Waals surface area contributed by atoms with Crippen LogP contribution < -0.4 is 0 Å². The Morgan fingerprint density at radius 1 is 1.47 bits per heavy atom. The Morgan fingerprint density at radius 3 is 3.00 bits per heavy atom. The highest BCUT2D eigenvalue weighted by Crippen LogP contribution is 2.36. The van der Waals surface area contributed by atoms with Crippen LogP contribution in [0.25, 0.3) is 0 Å². The van der Waals surface area contributed by atoms with Crippen LogP contribution in [0.2, 0.25) is 0 Å². The quantitative estimate of drug-likeness (QED) is 0.610. The van der Waals surface area contributed by atoms with Gasteiger partial charge in [-0.3, -0.25) is 0 Å². The highest BCUT2D eigenvalue weighted by atomic mass is 32.1. The molecule has 2 unspecified atom stereocenters. The van der Waals surface area contributed by atoms with E-state index in [1.165, 1.54) is 24.0 Å². The summed E-state index contributed by atoms with van der Waals surface area (Å²) in [6, 6.07) is 8.59. The molecule has 80 valence electrons. The molecule has 0 spiro atoms. The molecule has 0 saturated carbocycles. The molecular weight excluding hydrogens is 204 g/mol. The molecule has 1 aromatic rings. The zero-order chi connectivity index (χ0) is 10.7. The number of carbonyl (C=O) groups excluding carboxylic acids is 1. The first-order valence-corrected chi connectivity index (χ1v) is 6.12. The Bertz CT molecular complexity index is 348. The van der Waals surface area contributed by atoms with Gasteiger partial charge in [-0.25, -0.2) is 0 Å². The van der Waals surface area contributed by atoms with Gasteiger partial charge in [0.15, 0.2) is 0 Å². The van der Waals surface area contributed by atoms with Crippen molar-refractivity contribution < 1.29 is 4.79 Å². The first kappa shape index (κ1) is 10.7. The first-order valence-electron chi connectivity index (χ1n) is 5.49. The van der Waals surface area contributed by atoms with Crippen molar-refractivity contribution >= 4 is 18.9 Å². The summed E-state index contributed by atoms with van der Waals surface area (Å²) >= 11 is 4.21. The van der Waals surface area contributed by atoms with Crippen LogP contribution in [0.5, 0.6) is 0 Å². The maximum Gasteiger partial charge on any atom is 0.123 e. The third-order valence-electron chi connectivity index (χ3n) is 3.27. The molecule has 1 aromatic carbocycles. The van der Waals surface area contributed by atoms with E-state index in [9.17, 15) is 4.79 Å². The van der Waals surface area contributed by atoms with Crippen LogP contribution in [0.15, 0.2) is 24.3 Å². The molecule has 0 amide bonds. The maximum atomic E-state index is 10.8. The van der Waals surface area contributed by atoms with E-state index in [2.05, 4.69) is 36.9 Å². The normalized spacial score (nSPS) is 21.0. The van der Waals surface area contributed by atoms with E-state index < -0.39 is 0 Å². The van der Waals surface area contributed by atoms with E-state index in [0.717, 1.165) is 12.7 Å². The predicted octanol–water partition coefficient (Wildman–Crippen LogP) is 2.85. The van der Waals surface area contributed by atoms with Gasteiger partial charge in [0.05, 0.1) is 0 Å². The zero-order valence-electron chi connectivity index (χ0n) is 8.73. The van der Waals surface area contributed by atoms with E-state index in [1.807, 2.05) is 0 Å². The van der Waals surface area contributed by atoms with Crippen LogP contribution in [-0.2, 0) is 11.2 Å². The molecule has 1 aliphatic rings. The number of carbonyl (C=O) groups is 1. The molecule has 15 heavy (non-hydrogen) atoms. The first-order chi connectivity index (χ1) is 7.35. The Kier molecular flexibility index (Phi) is 3.47. The van der Waals surface area contributed by atoms with E-state index in [4.69, 9.17) is 0 Å². The Labute approximate surface area is 96.3 Å².